The molecular formula is C32H44N4O7. The molecule has 0 unspecified atom stereocenters. The van der Waals surface area contributed by atoms with Crippen LogP contribution in [0.5, 0.6) is 0 Å². The first-order valence-electron chi connectivity index (χ1n) is 15.2. The molecule has 11 nitrogen and oxygen atoms in total. The Morgan fingerprint density at radius 1 is 1.09 bits per heavy atom. The van der Waals surface area contributed by atoms with Crippen molar-refractivity contribution in [3.8, 4) is 0 Å². The molecule has 43 heavy (non-hydrogen) atoms. The summed E-state index contributed by atoms with van der Waals surface area (Å²) in [5.41, 5.74) is -0.653. The van der Waals surface area contributed by atoms with Crippen LogP contribution in [0.15, 0.2) is 36.4 Å². The van der Waals surface area contributed by atoms with Gasteiger partial charge in [-0.1, -0.05) is 44.1 Å². The third-order valence-electron chi connectivity index (χ3n) is 8.31. The maximum atomic E-state index is 14.0. The summed E-state index contributed by atoms with van der Waals surface area (Å²) in [4.78, 5) is 67.1. The monoisotopic (exact) mass is 596 g/mol. The summed E-state index contributed by atoms with van der Waals surface area (Å²) in [5, 5.41) is 18.4. The molecule has 234 valence electrons. The summed E-state index contributed by atoms with van der Waals surface area (Å²) in [6.07, 6.45) is 7.65. The molecule has 1 aromatic carbocycles. The minimum Gasteiger partial charge on any atom is -0.479 e. The number of carboxylic acids is 1. The van der Waals surface area contributed by atoms with E-state index >= 15 is 0 Å². The van der Waals surface area contributed by atoms with E-state index in [0.29, 0.717) is 18.4 Å². The molecular weight excluding hydrogens is 552 g/mol. The van der Waals surface area contributed by atoms with Crippen LogP contribution in [-0.2, 0) is 25.5 Å². The van der Waals surface area contributed by atoms with Crippen LogP contribution >= 0.6 is 0 Å². The number of carbonyl (C=O) groups excluding carboxylic acids is 4. The van der Waals surface area contributed by atoms with Gasteiger partial charge in [0.15, 0.2) is 0 Å². The van der Waals surface area contributed by atoms with Crippen molar-refractivity contribution in [1.29, 1.82) is 0 Å². The molecule has 1 saturated heterocycles. The minimum atomic E-state index is -1.43. The van der Waals surface area contributed by atoms with E-state index in [1.807, 2.05) is 31.2 Å². The van der Waals surface area contributed by atoms with Crippen LogP contribution in [0.2, 0.25) is 0 Å². The molecule has 1 saturated carbocycles. The first kappa shape index (κ1) is 32.0. The third-order valence-corrected chi connectivity index (χ3v) is 8.31. The molecule has 3 aliphatic rings. The number of allylic oxidation sites excluding steroid dienone is 1. The quantitative estimate of drug-likeness (QED) is 0.380. The van der Waals surface area contributed by atoms with Gasteiger partial charge in [0.25, 0.3) is 5.91 Å². The molecule has 0 aromatic heterocycles. The van der Waals surface area contributed by atoms with E-state index in [2.05, 4.69) is 16.0 Å². The highest BCUT2D eigenvalue weighted by Crippen LogP contribution is 2.45. The number of hydrogen-bond acceptors (Lipinski definition) is 6. The summed E-state index contributed by atoms with van der Waals surface area (Å²) >= 11 is 0. The number of rotatable bonds is 5. The summed E-state index contributed by atoms with van der Waals surface area (Å²) in [6.45, 7) is 7.24. The highest BCUT2D eigenvalue weighted by Gasteiger charge is 2.61. The number of aliphatic carboxylic acids is 1. The number of fused-ring (bicyclic) bond motifs is 2. The molecule has 1 aromatic rings. The molecule has 2 heterocycles. The van der Waals surface area contributed by atoms with E-state index in [4.69, 9.17) is 4.74 Å². The largest absolute Gasteiger partial charge is 0.479 e. The lowest BCUT2D eigenvalue weighted by Gasteiger charge is -2.30. The van der Waals surface area contributed by atoms with Gasteiger partial charge in [0.05, 0.1) is 0 Å². The van der Waals surface area contributed by atoms with Gasteiger partial charge in [-0.25, -0.2) is 9.59 Å². The van der Waals surface area contributed by atoms with Crippen molar-refractivity contribution in [3.05, 3.63) is 47.5 Å². The van der Waals surface area contributed by atoms with Gasteiger partial charge < -0.3 is 30.7 Å². The van der Waals surface area contributed by atoms with Gasteiger partial charge in [-0.3, -0.25) is 14.4 Å². The second-order valence-corrected chi connectivity index (χ2v) is 12.8. The lowest BCUT2D eigenvalue weighted by Crippen LogP contribution is -2.56. The maximum absolute atomic E-state index is 14.0. The number of carboxylic acid groups (broad SMARTS) is 1. The lowest BCUT2D eigenvalue weighted by atomic mass is 10.0. The fourth-order valence-electron chi connectivity index (χ4n) is 5.82. The van der Waals surface area contributed by atoms with Crippen LogP contribution in [-0.4, -0.2) is 75.6 Å². The zero-order chi connectivity index (χ0) is 31.4. The summed E-state index contributed by atoms with van der Waals surface area (Å²) in [7, 11) is 0. The Hall–Kier alpha value is -3.89. The van der Waals surface area contributed by atoms with E-state index in [9.17, 15) is 29.1 Å². The minimum absolute atomic E-state index is 0.0333. The molecule has 2 fully saturated rings. The van der Waals surface area contributed by atoms with Crippen molar-refractivity contribution >= 4 is 29.8 Å². The van der Waals surface area contributed by atoms with E-state index in [1.165, 1.54) is 4.90 Å². The van der Waals surface area contributed by atoms with Crippen molar-refractivity contribution in [1.82, 2.24) is 20.9 Å². The van der Waals surface area contributed by atoms with Crippen LogP contribution < -0.4 is 16.0 Å². The van der Waals surface area contributed by atoms with Gasteiger partial charge in [-0.05, 0) is 77.0 Å². The number of nitrogens with one attached hydrogen (secondary N) is 3. The summed E-state index contributed by atoms with van der Waals surface area (Å²) in [5.74, 6) is -2.87. The Labute approximate surface area is 252 Å². The first-order chi connectivity index (χ1) is 20.3. The Bertz CT molecular complexity index is 1260. The Morgan fingerprint density at radius 2 is 1.81 bits per heavy atom. The molecule has 0 spiro atoms. The number of benzene rings is 1. The SMILES string of the molecule is CCc1ccc(C(=O)N[C@@H]2C[C@H]3C(=O)N[C@]4(C(=O)O)C[C@H]4/C=C\CCCCC[C@H](NC(=O)OC(C)(C)C)C(=O)N3C2)cc1. The normalized spacial score (nSPS) is 28.7. The standard InChI is InChI=1S/C32H44N4O7/c1-5-20-13-15-21(16-14-20)26(37)33-23-17-25-27(38)35-32(29(40)41)18-22(32)11-9-7-6-8-10-12-24(28(39)36(25)19-23)34-30(42)43-31(2,3)4/h9,11,13-16,22-25H,5-8,10,12,17-19H2,1-4H3,(H,33,37)(H,34,42)(H,35,38)(H,40,41)/b11-9-/t22-,23-,24+,25+,32-/m1/s1. The maximum Gasteiger partial charge on any atom is 0.408 e. The lowest BCUT2D eigenvalue weighted by molar-refractivity contribution is -0.145. The summed E-state index contributed by atoms with van der Waals surface area (Å²) in [6, 6.07) is 4.68. The zero-order valence-corrected chi connectivity index (χ0v) is 25.5. The van der Waals surface area contributed by atoms with E-state index in [-0.39, 0.29) is 31.2 Å². The van der Waals surface area contributed by atoms with E-state index in [1.54, 1.807) is 32.9 Å². The average molecular weight is 597 g/mol. The van der Waals surface area contributed by atoms with Crippen LogP contribution in [0.4, 0.5) is 4.79 Å². The molecule has 1 aliphatic carbocycles. The van der Waals surface area contributed by atoms with Gasteiger partial charge in [-0.2, -0.15) is 0 Å². The molecule has 4 amide bonds. The fraction of sp³-hybridized carbons (Fsp3) is 0.594. The highest BCUT2D eigenvalue weighted by molar-refractivity contribution is 5.97. The average Bonchev–Trinajstić information content (AvgIpc) is 3.48. The number of alkyl carbamates (subject to hydrolysis) is 1. The van der Waals surface area contributed by atoms with Crippen LogP contribution in [0, 0.1) is 5.92 Å². The van der Waals surface area contributed by atoms with E-state index < -0.39 is 53.1 Å². The fourth-order valence-corrected chi connectivity index (χ4v) is 5.82. The van der Waals surface area contributed by atoms with Crippen molar-refractivity contribution in [2.24, 2.45) is 5.92 Å². The van der Waals surface area contributed by atoms with Crippen LogP contribution in [0.25, 0.3) is 0 Å². The van der Waals surface area contributed by atoms with Gasteiger partial charge in [0.1, 0.15) is 23.2 Å². The van der Waals surface area contributed by atoms with Gasteiger partial charge in [-0.15, -0.1) is 0 Å². The van der Waals surface area contributed by atoms with E-state index in [0.717, 1.165) is 31.2 Å². The van der Waals surface area contributed by atoms with Crippen LogP contribution in [0.3, 0.4) is 0 Å². The molecule has 5 atom stereocenters. The molecule has 2 aliphatic heterocycles. The molecule has 11 heteroatoms. The number of amides is 4. The van der Waals surface area contributed by atoms with Gasteiger partial charge >= 0.3 is 12.1 Å². The number of nitrogens with zero attached hydrogens (tertiary/aromatic N) is 1. The number of aryl methyl sites for hydroxylation is 1. The topological polar surface area (TPSA) is 154 Å². The molecule has 0 bridgehead atoms. The zero-order valence-electron chi connectivity index (χ0n) is 25.5. The van der Waals surface area contributed by atoms with Crippen molar-refractivity contribution in [2.45, 2.75) is 108 Å². The second kappa shape index (κ2) is 13.2. The number of ether oxygens (including phenoxy) is 1. The Morgan fingerprint density at radius 3 is 2.47 bits per heavy atom. The van der Waals surface area contributed by atoms with Gasteiger partial charge in [0.2, 0.25) is 11.8 Å². The number of carbonyl (C=O) groups is 5. The predicted octanol–water partition coefficient (Wildman–Crippen LogP) is 3.32. The smallest absolute Gasteiger partial charge is 0.408 e. The first-order valence-corrected chi connectivity index (χ1v) is 15.2. The van der Waals surface area contributed by atoms with Crippen LogP contribution in [0.1, 0.15) is 88.6 Å². The third kappa shape index (κ3) is 7.94. The van der Waals surface area contributed by atoms with Crippen molar-refractivity contribution in [3.63, 3.8) is 0 Å². The molecule has 4 N–H and O–H groups in total. The van der Waals surface area contributed by atoms with Gasteiger partial charge in [0, 0.05) is 24.1 Å². The molecule has 4 rings (SSSR count). The molecule has 0 radical (unpaired) electrons. The van der Waals surface area contributed by atoms with Crippen molar-refractivity contribution < 1.29 is 33.8 Å². The number of hydrogen-bond donors (Lipinski definition) is 4. The Balaban J connectivity index is 1.59. The predicted molar refractivity (Wildman–Crippen MR) is 159 cm³/mol. The highest BCUT2D eigenvalue weighted by atomic mass is 16.6. The Kier molecular flexibility index (Phi) is 9.82. The summed E-state index contributed by atoms with van der Waals surface area (Å²) < 4.78 is 5.41. The second-order valence-electron chi connectivity index (χ2n) is 12.8. The van der Waals surface area contributed by atoms with Crippen molar-refractivity contribution in [2.75, 3.05) is 6.54 Å².